The van der Waals surface area contributed by atoms with Crippen LogP contribution < -0.4 is 15.0 Å². The van der Waals surface area contributed by atoms with Crippen LogP contribution in [-0.4, -0.2) is 86.1 Å². The third kappa shape index (κ3) is 6.21. The van der Waals surface area contributed by atoms with Crippen molar-refractivity contribution in [2.75, 3.05) is 63.6 Å². The van der Waals surface area contributed by atoms with Gasteiger partial charge in [-0.1, -0.05) is 18.2 Å². The van der Waals surface area contributed by atoms with Crippen LogP contribution in [0.1, 0.15) is 10.4 Å². The van der Waals surface area contributed by atoms with E-state index in [0.717, 1.165) is 5.69 Å². The third-order valence-electron chi connectivity index (χ3n) is 5.22. The van der Waals surface area contributed by atoms with Crippen LogP contribution in [0.4, 0.5) is 11.4 Å². The number of ether oxygens (including phenoxy) is 1. The first-order valence-corrected chi connectivity index (χ1v) is 10.4. The van der Waals surface area contributed by atoms with E-state index in [1.54, 1.807) is 61.5 Å². The normalized spacial score (nSPS) is 14.0. The first kappa shape index (κ1) is 23.1. The minimum atomic E-state index is -1.12. The largest absolute Gasteiger partial charge is 0.484 e. The van der Waals surface area contributed by atoms with E-state index >= 15 is 0 Å². The lowest BCUT2D eigenvalue weighted by atomic mass is 10.1. The van der Waals surface area contributed by atoms with Gasteiger partial charge in [0.1, 0.15) is 5.75 Å². The average molecular weight is 441 g/mol. The summed E-state index contributed by atoms with van der Waals surface area (Å²) in [5, 5.41) is 12.3. The Labute approximate surface area is 187 Å². The standard InChI is InChI=1S/C23H28N4O5/c1-25(2)22(29)15-26-10-12-27(13-11-26)17-8-9-20(19(14-17)23(30)31)24-21(28)16-32-18-6-4-3-5-7-18/h3-9,14H,10-13,15-16H2,1-2H3,(H,24,28)(H,30,31). The van der Waals surface area contributed by atoms with E-state index in [9.17, 15) is 19.5 Å². The van der Waals surface area contributed by atoms with E-state index in [0.29, 0.717) is 38.5 Å². The Hall–Kier alpha value is -3.59. The second-order valence-electron chi connectivity index (χ2n) is 7.74. The number of carbonyl (C=O) groups excluding carboxylic acids is 2. The summed E-state index contributed by atoms with van der Waals surface area (Å²) in [4.78, 5) is 41.7. The lowest BCUT2D eigenvalue weighted by molar-refractivity contribution is -0.130. The number of likely N-dealkylation sites (N-methyl/N-ethyl adjacent to an activating group) is 1. The van der Waals surface area contributed by atoms with Gasteiger partial charge < -0.3 is 25.0 Å². The minimum absolute atomic E-state index is 0.0146. The van der Waals surface area contributed by atoms with Gasteiger partial charge in [-0.05, 0) is 30.3 Å². The van der Waals surface area contributed by atoms with Crippen LogP contribution in [0.2, 0.25) is 0 Å². The molecule has 2 amide bonds. The Morgan fingerprint density at radius 1 is 1.03 bits per heavy atom. The Morgan fingerprint density at radius 2 is 1.72 bits per heavy atom. The molecule has 3 rings (SSSR count). The molecular formula is C23H28N4O5. The van der Waals surface area contributed by atoms with Crippen molar-refractivity contribution in [1.29, 1.82) is 0 Å². The van der Waals surface area contributed by atoms with E-state index in [1.807, 2.05) is 6.07 Å². The Kier molecular flexibility index (Phi) is 7.67. The Bertz CT molecular complexity index is 956. The molecule has 0 aliphatic carbocycles. The van der Waals surface area contributed by atoms with Gasteiger partial charge in [-0.2, -0.15) is 0 Å². The van der Waals surface area contributed by atoms with Gasteiger partial charge in [-0.15, -0.1) is 0 Å². The summed E-state index contributed by atoms with van der Waals surface area (Å²) in [6, 6.07) is 13.9. The molecule has 2 aromatic rings. The number of hydrogen-bond acceptors (Lipinski definition) is 6. The molecule has 2 N–H and O–H groups in total. The van der Waals surface area contributed by atoms with Crippen LogP contribution in [0.15, 0.2) is 48.5 Å². The van der Waals surface area contributed by atoms with Crippen LogP contribution in [0.25, 0.3) is 0 Å². The Balaban J connectivity index is 1.60. The molecule has 9 nitrogen and oxygen atoms in total. The molecule has 0 radical (unpaired) electrons. The van der Waals surface area contributed by atoms with Crippen molar-refractivity contribution >= 4 is 29.2 Å². The number of piperazine rings is 1. The number of anilines is 2. The number of carboxylic acid groups (broad SMARTS) is 1. The lowest BCUT2D eigenvalue weighted by Gasteiger charge is -2.36. The fraction of sp³-hybridized carbons (Fsp3) is 0.348. The van der Waals surface area contributed by atoms with E-state index < -0.39 is 11.9 Å². The molecule has 0 bridgehead atoms. The van der Waals surface area contributed by atoms with Crippen LogP contribution >= 0.6 is 0 Å². The summed E-state index contributed by atoms with van der Waals surface area (Å²) in [6.07, 6.45) is 0. The summed E-state index contributed by atoms with van der Waals surface area (Å²) >= 11 is 0. The fourth-order valence-corrected chi connectivity index (χ4v) is 3.36. The summed E-state index contributed by atoms with van der Waals surface area (Å²) < 4.78 is 5.41. The summed E-state index contributed by atoms with van der Waals surface area (Å²) in [7, 11) is 3.47. The van der Waals surface area contributed by atoms with Gasteiger partial charge in [-0.25, -0.2) is 4.79 Å². The highest BCUT2D eigenvalue weighted by Gasteiger charge is 2.22. The van der Waals surface area contributed by atoms with E-state index in [-0.39, 0.29) is 23.8 Å². The molecular weight excluding hydrogens is 412 g/mol. The maximum atomic E-state index is 12.2. The second kappa shape index (κ2) is 10.6. The van der Waals surface area contributed by atoms with Crippen molar-refractivity contribution in [3.8, 4) is 5.75 Å². The monoisotopic (exact) mass is 440 g/mol. The van der Waals surface area contributed by atoms with Gasteiger partial charge in [0.25, 0.3) is 5.91 Å². The SMILES string of the molecule is CN(C)C(=O)CN1CCN(c2ccc(NC(=O)COc3ccccc3)c(C(=O)O)c2)CC1. The molecule has 9 heteroatoms. The topological polar surface area (TPSA) is 102 Å². The van der Waals surface area contributed by atoms with Gasteiger partial charge in [0.15, 0.2) is 6.61 Å². The molecule has 1 fully saturated rings. The van der Waals surface area contributed by atoms with Crippen molar-refractivity contribution < 1.29 is 24.2 Å². The molecule has 170 valence electrons. The third-order valence-corrected chi connectivity index (χ3v) is 5.22. The molecule has 1 saturated heterocycles. The first-order valence-electron chi connectivity index (χ1n) is 10.4. The van der Waals surface area contributed by atoms with E-state index in [2.05, 4.69) is 15.1 Å². The van der Waals surface area contributed by atoms with Crippen molar-refractivity contribution in [2.45, 2.75) is 0 Å². The molecule has 1 aliphatic heterocycles. The highest BCUT2D eigenvalue weighted by atomic mass is 16.5. The van der Waals surface area contributed by atoms with Crippen LogP contribution in [-0.2, 0) is 9.59 Å². The highest BCUT2D eigenvalue weighted by molar-refractivity contribution is 6.01. The molecule has 2 aromatic carbocycles. The molecule has 0 spiro atoms. The van der Waals surface area contributed by atoms with Crippen LogP contribution in [0, 0.1) is 0 Å². The number of carboxylic acids is 1. The fourth-order valence-electron chi connectivity index (χ4n) is 3.36. The quantitative estimate of drug-likeness (QED) is 0.643. The summed E-state index contributed by atoms with van der Waals surface area (Å²) in [6.45, 7) is 2.91. The smallest absolute Gasteiger partial charge is 0.337 e. The molecule has 0 saturated carbocycles. The van der Waals surface area contributed by atoms with Crippen molar-refractivity contribution in [1.82, 2.24) is 9.80 Å². The van der Waals surface area contributed by atoms with Crippen molar-refractivity contribution in [3.63, 3.8) is 0 Å². The predicted molar refractivity (Wildman–Crippen MR) is 121 cm³/mol. The van der Waals surface area contributed by atoms with Gasteiger partial charge >= 0.3 is 5.97 Å². The van der Waals surface area contributed by atoms with Gasteiger partial charge in [0, 0.05) is 46.0 Å². The van der Waals surface area contributed by atoms with Crippen molar-refractivity contribution in [2.24, 2.45) is 0 Å². The minimum Gasteiger partial charge on any atom is -0.484 e. The van der Waals surface area contributed by atoms with Gasteiger partial charge in [0.2, 0.25) is 5.91 Å². The number of hydrogen-bond donors (Lipinski definition) is 2. The number of nitrogens with zero attached hydrogens (tertiary/aromatic N) is 3. The maximum absolute atomic E-state index is 12.2. The van der Waals surface area contributed by atoms with Crippen molar-refractivity contribution in [3.05, 3.63) is 54.1 Å². The zero-order valence-electron chi connectivity index (χ0n) is 18.3. The molecule has 1 aliphatic rings. The number of amides is 2. The number of para-hydroxylation sites is 1. The zero-order valence-corrected chi connectivity index (χ0v) is 18.3. The second-order valence-corrected chi connectivity index (χ2v) is 7.74. The van der Waals surface area contributed by atoms with Crippen LogP contribution in [0.5, 0.6) is 5.75 Å². The molecule has 0 atom stereocenters. The Morgan fingerprint density at radius 3 is 2.34 bits per heavy atom. The number of benzene rings is 2. The van der Waals surface area contributed by atoms with E-state index in [4.69, 9.17) is 4.74 Å². The molecule has 32 heavy (non-hydrogen) atoms. The lowest BCUT2D eigenvalue weighted by Crippen LogP contribution is -2.49. The van der Waals surface area contributed by atoms with Gasteiger partial charge in [0.05, 0.1) is 17.8 Å². The molecule has 0 aromatic heterocycles. The summed E-state index contributed by atoms with van der Waals surface area (Å²) in [5.74, 6) is -0.949. The maximum Gasteiger partial charge on any atom is 0.337 e. The average Bonchev–Trinajstić information content (AvgIpc) is 2.79. The predicted octanol–water partition coefficient (Wildman–Crippen LogP) is 1.61. The highest BCUT2D eigenvalue weighted by Crippen LogP contribution is 2.25. The number of rotatable bonds is 8. The zero-order chi connectivity index (χ0) is 23.1. The summed E-state index contributed by atoms with van der Waals surface area (Å²) in [5.41, 5.74) is 0.999. The van der Waals surface area contributed by atoms with Gasteiger partial charge in [-0.3, -0.25) is 14.5 Å². The first-order chi connectivity index (χ1) is 15.3. The molecule has 1 heterocycles. The van der Waals surface area contributed by atoms with E-state index in [1.165, 1.54) is 0 Å². The molecule has 0 unspecified atom stereocenters. The number of aromatic carboxylic acids is 1. The number of nitrogens with one attached hydrogen (secondary N) is 1. The number of carbonyl (C=O) groups is 3. The van der Waals surface area contributed by atoms with Crippen LogP contribution in [0.3, 0.4) is 0 Å².